The number of carbonyl (C=O) groups excluding carboxylic acids is 2. The number of rotatable bonds is 9. The van der Waals surface area contributed by atoms with Gasteiger partial charge in [0.2, 0.25) is 5.91 Å². The highest BCUT2D eigenvalue weighted by atomic mass is 35.5. The molecule has 27 heavy (non-hydrogen) atoms. The summed E-state index contributed by atoms with van der Waals surface area (Å²) < 4.78 is 10.5. The topological polar surface area (TPSA) is 117 Å². The number of nitrogens with two attached hydrogens (primary N) is 2. The Morgan fingerprint density at radius 3 is 2.44 bits per heavy atom. The number of benzene rings is 2. The third-order valence-electron chi connectivity index (χ3n) is 3.72. The van der Waals surface area contributed by atoms with Crippen molar-refractivity contribution in [1.29, 1.82) is 0 Å². The average molecular weight is 394 g/mol. The van der Waals surface area contributed by atoms with E-state index < -0.39 is 5.91 Å². The van der Waals surface area contributed by atoms with Gasteiger partial charge in [0.05, 0.1) is 7.11 Å². The summed E-state index contributed by atoms with van der Waals surface area (Å²) >= 11 is 0. The van der Waals surface area contributed by atoms with E-state index >= 15 is 0 Å². The molecule has 2 aromatic rings. The van der Waals surface area contributed by atoms with Crippen LogP contribution in [0, 0.1) is 0 Å². The highest BCUT2D eigenvalue weighted by Crippen LogP contribution is 2.28. The van der Waals surface area contributed by atoms with Crippen LogP contribution in [0.25, 0.3) is 0 Å². The Morgan fingerprint density at radius 2 is 1.81 bits per heavy atom. The molecule has 7 nitrogen and oxygen atoms in total. The van der Waals surface area contributed by atoms with Crippen molar-refractivity contribution >= 4 is 24.2 Å². The molecule has 0 aliphatic rings. The van der Waals surface area contributed by atoms with Gasteiger partial charge in [-0.05, 0) is 23.3 Å². The van der Waals surface area contributed by atoms with Crippen LogP contribution in [0.15, 0.2) is 48.5 Å². The van der Waals surface area contributed by atoms with Crippen molar-refractivity contribution in [2.45, 2.75) is 19.0 Å². The number of primary amides is 1. The molecule has 0 aliphatic heterocycles. The SMILES string of the molecule is COc1cc(CNC(=O)CC(N)c2ccccc2)ccc1OCC(N)=O.Cl. The molecular formula is C19H24ClN3O4. The van der Waals surface area contributed by atoms with Crippen LogP contribution < -0.4 is 26.3 Å². The molecule has 0 saturated heterocycles. The highest BCUT2D eigenvalue weighted by Gasteiger charge is 2.12. The first-order valence-electron chi connectivity index (χ1n) is 8.15. The van der Waals surface area contributed by atoms with E-state index in [1.807, 2.05) is 30.3 Å². The number of halogens is 1. The van der Waals surface area contributed by atoms with Crippen molar-refractivity contribution in [3.8, 4) is 11.5 Å². The summed E-state index contributed by atoms with van der Waals surface area (Å²) in [6, 6.07) is 14.3. The minimum Gasteiger partial charge on any atom is -0.493 e. The van der Waals surface area contributed by atoms with E-state index in [2.05, 4.69) is 5.32 Å². The second kappa shape index (κ2) is 11.1. The molecule has 1 atom stereocenters. The molecule has 8 heteroatoms. The third kappa shape index (κ3) is 7.16. The fourth-order valence-electron chi connectivity index (χ4n) is 2.38. The van der Waals surface area contributed by atoms with Gasteiger partial charge in [0, 0.05) is 19.0 Å². The van der Waals surface area contributed by atoms with Crippen LogP contribution in [-0.4, -0.2) is 25.5 Å². The molecule has 5 N–H and O–H groups in total. The minimum atomic E-state index is -0.571. The Kier molecular flexibility index (Phi) is 9.12. The number of ether oxygens (including phenoxy) is 2. The lowest BCUT2D eigenvalue weighted by molar-refractivity contribution is -0.122. The number of hydrogen-bond donors (Lipinski definition) is 3. The highest BCUT2D eigenvalue weighted by molar-refractivity contribution is 5.85. The fraction of sp³-hybridized carbons (Fsp3) is 0.263. The molecule has 2 aromatic carbocycles. The normalized spacial score (nSPS) is 11.0. The summed E-state index contributed by atoms with van der Waals surface area (Å²) in [4.78, 5) is 22.9. The predicted octanol–water partition coefficient (Wildman–Crippen LogP) is 1.69. The Balaban J connectivity index is 0.00000364. The van der Waals surface area contributed by atoms with Gasteiger partial charge in [0.15, 0.2) is 18.1 Å². The lowest BCUT2D eigenvalue weighted by Crippen LogP contribution is -2.27. The molecule has 0 aliphatic carbocycles. The number of hydrogen-bond acceptors (Lipinski definition) is 5. The smallest absolute Gasteiger partial charge is 0.255 e. The van der Waals surface area contributed by atoms with E-state index in [9.17, 15) is 9.59 Å². The van der Waals surface area contributed by atoms with Crippen molar-refractivity contribution < 1.29 is 19.1 Å². The van der Waals surface area contributed by atoms with E-state index in [-0.39, 0.29) is 37.4 Å². The molecule has 146 valence electrons. The van der Waals surface area contributed by atoms with Crippen molar-refractivity contribution in [2.75, 3.05) is 13.7 Å². The monoisotopic (exact) mass is 393 g/mol. The van der Waals surface area contributed by atoms with Gasteiger partial charge in [-0.2, -0.15) is 0 Å². The first kappa shape index (κ1) is 22.3. The third-order valence-corrected chi connectivity index (χ3v) is 3.72. The molecule has 1 unspecified atom stereocenters. The zero-order valence-electron chi connectivity index (χ0n) is 15.0. The average Bonchev–Trinajstić information content (AvgIpc) is 2.65. The maximum Gasteiger partial charge on any atom is 0.255 e. The maximum atomic E-state index is 12.1. The van der Waals surface area contributed by atoms with E-state index in [0.717, 1.165) is 11.1 Å². The number of amides is 2. The maximum absolute atomic E-state index is 12.1. The Hall–Kier alpha value is -2.77. The number of methoxy groups -OCH3 is 1. The van der Waals surface area contributed by atoms with Crippen molar-refractivity contribution in [2.24, 2.45) is 11.5 Å². The first-order chi connectivity index (χ1) is 12.5. The van der Waals surface area contributed by atoms with Gasteiger partial charge in [-0.15, -0.1) is 12.4 Å². The standard InChI is InChI=1S/C19H23N3O4.ClH/c1-25-17-9-13(7-8-16(17)26-12-18(21)23)11-22-19(24)10-15(20)14-5-3-2-4-6-14;/h2-9,15H,10-12,20H2,1H3,(H2,21,23)(H,22,24);1H. The van der Waals surface area contributed by atoms with Gasteiger partial charge in [0.1, 0.15) is 0 Å². The van der Waals surface area contributed by atoms with Gasteiger partial charge < -0.3 is 26.3 Å². The molecule has 0 saturated carbocycles. The zero-order chi connectivity index (χ0) is 18.9. The van der Waals surface area contributed by atoms with Crippen LogP contribution in [-0.2, 0) is 16.1 Å². The molecule has 0 heterocycles. The summed E-state index contributed by atoms with van der Waals surface area (Å²) in [5.41, 5.74) is 12.9. The zero-order valence-corrected chi connectivity index (χ0v) is 15.8. The molecule has 2 rings (SSSR count). The Morgan fingerprint density at radius 1 is 1.11 bits per heavy atom. The predicted molar refractivity (Wildman–Crippen MR) is 105 cm³/mol. The van der Waals surface area contributed by atoms with E-state index in [1.54, 1.807) is 18.2 Å². The summed E-state index contributed by atoms with van der Waals surface area (Å²) in [5.74, 6) is 0.152. The first-order valence-corrected chi connectivity index (χ1v) is 8.15. The van der Waals surface area contributed by atoms with E-state index in [0.29, 0.717) is 18.0 Å². The van der Waals surface area contributed by atoms with Crippen molar-refractivity contribution in [1.82, 2.24) is 5.32 Å². The molecule has 0 spiro atoms. The summed E-state index contributed by atoms with van der Waals surface area (Å²) in [6.07, 6.45) is 0.195. The van der Waals surface area contributed by atoms with Crippen LogP contribution in [0.2, 0.25) is 0 Å². The fourth-order valence-corrected chi connectivity index (χ4v) is 2.38. The number of carbonyl (C=O) groups is 2. The van der Waals surface area contributed by atoms with Gasteiger partial charge in [-0.1, -0.05) is 36.4 Å². The lowest BCUT2D eigenvalue weighted by Gasteiger charge is -2.13. The van der Waals surface area contributed by atoms with Gasteiger partial charge >= 0.3 is 0 Å². The minimum absolute atomic E-state index is 0. The summed E-state index contributed by atoms with van der Waals surface area (Å²) in [7, 11) is 1.49. The van der Waals surface area contributed by atoms with Crippen molar-refractivity contribution in [3.63, 3.8) is 0 Å². The molecule has 2 amide bonds. The van der Waals surface area contributed by atoms with Crippen LogP contribution in [0.4, 0.5) is 0 Å². The molecule has 0 bridgehead atoms. The summed E-state index contributed by atoms with van der Waals surface area (Å²) in [6.45, 7) is 0.0939. The largest absolute Gasteiger partial charge is 0.493 e. The lowest BCUT2D eigenvalue weighted by atomic mass is 10.0. The van der Waals surface area contributed by atoms with E-state index in [1.165, 1.54) is 7.11 Å². The molecular weight excluding hydrogens is 370 g/mol. The summed E-state index contributed by atoms with van der Waals surface area (Å²) in [5, 5.41) is 2.83. The van der Waals surface area contributed by atoms with E-state index in [4.69, 9.17) is 20.9 Å². The quantitative estimate of drug-likeness (QED) is 0.599. The van der Waals surface area contributed by atoms with Gasteiger partial charge in [0.25, 0.3) is 5.91 Å². The molecule has 0 radical (unpaired) electrons. The molecule has 0 aromatic heterocycles. The van der Waals surface area contributed by atoms with Crippen molar-refractivity contribution in [3.05, 3.63) is 59.7 Å². The number of nitrogens with one attached hydrogen (secondary N) is 1. The van der Waals surface area contributed by atoms with Gasteiger partial charge in [-0.3, -0.25) is 9.59 Å². The van der Waals surface area contributed by atoms with Gasteiger partial charge in [-0.25, -0.2) is 0 Å². The van der Waals surface area contributed by atoms with Crippen LogP contribution in [0.1, 0.15) is 23.6 Å². The second-order valence-corrected chi connectivity index (χ2v) is 5.74. The van der Waals surface area contributed by atoms with Crippen LogP contribution in [0.3, 0.4) is 0 Å². The Labute approximate surface area is 164 Å². The van der Waals surface area contributed by atoms with Crippen LogP contribution >= 0.6 is 12.4 Å². The Bertz CT molecular complexity index is 756. The van der Waals surface area contributed by atoms with Crippen LogP contribution in [0.5, 0.6) is 11.5 Å². The molecule has 0 fully saturated rings. The second-order valence-electron chi connectivity index (χ2n) is 5.74.